The third kappa shape index (κ3) is 7.25. The van der Waals surface area contributed by atoms with Crippen LogP contribution in [0.2, 0.25) is 0 Å². The molecule has 0 aromatic heterocycles. The molecule has 1 aliphatic rings. The maximum atomic E-state index is 13.3. The van der Waals surface area contributed by atoms with E-state index < -0.39 is 17.7 Å². The summed E-state index contributed by atoms with van der Waals surface area (Å²) in [5.74, 6) is -0.738. The number of likely N-dealkylation sites (tertiary alicyclic amines) is 1. The van der Waals surface area contributed by atoms with Gasteiger partial charge in [0.05, 0.1) is 24.3 Å². The molecule has 6 heteroatoms. The summed E-state index contributed by atoms with van der Waals surface area (Å²) in [6.45, 7) is 14.0. The number of Topliss-reactive ketones (excluding diaryl/α,β-unsaturated/α-hetero) is 1. The molecule has 1 unspecified atom stereocenters. The van der Waals surface area contributed by atoms with Gasteiger partial charge in [0.25, 0.3) is 11.7 Å². The Hall–Kier alpha value is -3.12. The zero-order valence-electron chi connectivity index (χ0n) is 23.8. The summed E-state index contributed by atoms with van der Waals surface area (Å²) in [5, 5.41) is 11.3. The second-order valence-corrected chi connectivity index (χ2v) is 11.2. The molecule has 1 amide bonds. The van der Waals surface area contributed by atoms with Gasteiger partial charge in [-0.15, -0.1) is 0 Å². The highest BCUT2D eigenvalue weighted by Gasteiger charge is 2.45. The zero-order valence-corrected chi connectivity index (χ0v) is 23.8. The van der Waals surface area contributed by atoms with Crippen LogP contribution in [0, 0.1) is 0 Å². The number of unbranched alkanes of at least 4 members (excludes halogenated alkanes) is 2. The second kappa shape index (κ2) is 13.1. The van der Waals surface area contributed by atoms with Crippen molar-refractivity contribution in [2.75, 3.05) is 19.8 Å². The number of aliphatic hydroxyl groups excluding tert-OH is 1. The van der Waals surface area contributed by atoms with Crippen molar-refractivity contribution < 1.29 is 24.2 Å². The van der Waals surface area contributed by atoms with E-state index in [-0.39, 0.29) is 22.9 Å². The fourth-order valence-corrected chi connectivity index (χ4v) is 4.58. The van der Waals surface area contributed by atoms with Crippen molar-refractivity contribution in [2.24, 2.45) is 0 Å². The Labute approximate surface area is 227 Å². The minimum atomic E-state index is -0.673. The Morgan fingerprint density at radius 2 is 1.61 bits per heavy atom. The first-order valence-electron chi connectivity index (χ1n) is 13.8. The number of carbonyl (C=O) groups excluding carboxylic acids is 2. The van der Waals surface area contributed by atoms with Gasteiger partial charge in [0.2, 0.25) is 0 Å². The van der Waals surface area contributed by atoms with E-state index in [0.29, 0.717) is 37.5 Å². The van der Waals surface area contributed by atoms with Gasteiger partial charge in [0.15, 0.2) is 0 Å². The standard InChI is InChI=1S/C32H43NO5/c1-7-8-9-20-38-26-17-13-24(14-18-26)29(34)27-28(23-11-15-25(16-12-23)32(4,5)6)33(31(36)30(27)35)19-10-21-37-22(2)3/h11-18,22,28,34H,7-10,19-21H2,1-6H3/b29-27-. The van der Waals surface area contributed by atoms with Crippen LogP contribution in [0.15, 0.2) is 54.1 Å². The summed E-state index contributed by atoms with van der Waals surface area (Å²) in [7, 11) is 0. The first kappa shape index (κ1) is 29.4. The Balaban J connectivity index is 1.95. The third-order valence-electron chi connectivity index (χ3n) is 6.77. The molecule has 38 heavy (non-hydrogen) atoms. The molecule has 3 rings (SSSR count). The molecule has 0 aliphatic carbocycles. The van der Waals surface area contributed by atoms with E-state index in [1.54, 1.807) is 29.2 Å². The van der Waals surface area contributed by atoms with Gasteiger partial charge < -0.3 is 19.5 Å². The highest BCUT2D eigenvalue weighted by Crippen LogP contribution is 2.40. The number of ketones is 1. The molecule has 6 nitrogen and oxygen atoms in total. The average Bonchev–Trinajstić information content (AvgIpc) is 3.13. The number of hydrogen-bond donors (Lipinski definition) is 1. The van der Waals surface area contributed by atoms with Gasteiger partial charge in [-0.2, -0.15) is 0 Å². The number of carbonyl (C=O) groups is 2. The summed E-state index contributed by atoms with van der Waals surface area (Å²) in [5.41, 5.74) is 2.50. The molecule has 2 aromatic rings. The lowest BCUT2D eigenvalue weighted by atomic mass is 9.85. The van der Waals surface area contributed by atoms with Crippen molar-refractivity contribution in [3.8, 4) is 5.75 Å². The van der Waals surface area contributed by atoms with E-state index in [1.165, 1.54) is 0 Å². The quantitative estimate of drug-likeness (QED) is 0.144. The summed E-state index contributed by atoms with van der Waals surface area (Å²) >= 11 is 0. The van der Waals surface area contributed by atoms with Gasteiger partial charge in [0.1, 0.15) is 11.5 Å². The minimum absolute atomic E-state index is 0.0329. The van der Waals surface area contributed by atoms with E-state index in [4.69, 9.17) is 9.47 Å². The number of nitrogens with zero attached hydrogens (tertiary/aromatic N) is 1. The van der Waals surface area contributed by atoms with Gasteiger partial charge in [0, 0.05) is 18.7 Å². The molecule has 1 aliphatic heterocycles. The number of aliphatic hydroxyl groups is 1. The largest absolute Gasteiger partial charge is 0.507 e. The van der Waals surface area contributed by atoms with E-state index in [9.17, 15) is 14.7 Å². The third-order valence-corrected chi connectivity index (χ3v) is 6.77. The predicted molar refractivity (Wildman–Crippen MR) is 151 cm³/mol. The lowest BCUT2D eigenvalue weighted by Gasteiger charge is -2.26. The maximum absolute atomic E-state index is 13.3. The molecule has 1 saturated heterocycles. The minimum Gasteiger partial charge on any atom is -0.507 e. The lowest BCUT2D eigenvalue weighted by molar-refractivity contribution is -0.140. The molecular weight excluding hydrogens is 478 g/mol. The van der Waals surface area contributed by atoms with E-state index in [0.717, 1.165) is 30.4 Å². The fourth-order valence-electron chi connectivity index (χ4n) is 4.58. The van der Waals surface area contributed by atoms with E-state index >= 15 is 0 Å². The SMILES string of the molecule is CCCCCOc1ccc(/C(O)=C2/C(=O)C(=O)N(CCCOC(C)C)C2c2ccc(C(C)(C)C)cc2)cc1. The Morgan fingerprint density at radius 3 is 2.18 bits per heavy atom. The van der Waals surface area contributed by atoms with Gasteiger partial charge in [-0.25, -0.2) is 0 Å². The molecule has 1 atom stereocenters. The van der Waals surface area contributed by atoms with Gasteiger partial charge >= 0.3 is 0 Å². The van der Waals surface area contributed by atoms with Crippen LogP contribution in [0.5, 0.6) is 5.75 Å². The van der Waals surface area contributed by atoms with Crippen LogP contribution in [-0.4, -0.2) is 47.6 Å². The summed E-state index contributed by atoms with van der Waals surface area (Å²) in [4.78, 5) is 28.0. The predicted octanol–water partition coefficient (Wildman–Crippen LogP) is 6.79. The van der Waals surface area contributed by atoms with Crippen LogP contribution in [0.3, 0.4) is 0 Å². The van der Waals surface area contributed by atoms with E-state index in [2.05, 4.69) is 27.7 Å². The number of amides is 1. The summed E-state index contributed by atoms with van der Waals surface area (Å²) in [6, 6.07) is 14.3. The molecule has 1 heterocycles. The first-order chi connectivity index (χ1) is 18.0. The molecule has 2 aromatic carbocycles. The molecular formula is C32H43NO5. The van der Waals surface area contributed by atoms with Gasteiger partial charge in [-0.05, 0) is 67.5 Å². The van der Waals surface area contributed by atoms with Crippen molar-refractivity contribution >= 4 is 17.4 Å². The Kier molecular flexibility index (Phi) is 10.1. The smallest absolute Gasteiger partial charge is 0.295 e. The summed E-state index contributed by atoms with van der Waals surface area (Å²) in [6.07, 6.45) is 3.89. The Bertz CT molecular complexity index is 1110. The van der Waals surface area contributed by atoms with Crippen molar-refractivity contribution in [3.63, 3.8) is 0 Å². The molecule has 0 spiro atoms. The normalized spacial score (nSPS) is 17.4. The molecule has 0 bridgehead atoms. The maximum Gasteiger partial charge on any atom is 0.295 e. The van der Waals surface area contributed by atoms with Crippen molar-refractivity contribution in [3.05, 3.63) is 70.8 Å². The molecule has 0 saturated carbocycles. The number of ether oxygens (including phenoxy) is 2. The molecule has 1 N–H and O–H groups in total. The Morgan fingerprint density at radius 1 is 0.947 bits per heavy atom. The zero-order chi connectivity index (χ0) is 27.9. The van der Waals surface area contributed by atoms with Crippen LogP contribution in [-0.2, 0) is 19.7 Å². The molecule has 206 valence electrons. The van der Waals surface area contributed by atoms with Crippen molar-refractivity contribution in [1.29, 1.82) is 0 Å². The second-order valence-electron chi connectivity index (χ2n) is 11.2. The highest BCUT2D eigenvalue weighted by molar-refractivity contribution is 6.46. The van der Waals surface area contributed by atoms with E-state index in [1.807, 2.05) is 38.1 Å². The summed E-state index contributed by atoms with van der Waals surface area (Å²) < 4.78 is 11.4. The molecule has 0 radical (unpaired) electrons. The first-order valence-corrected chi connectivity index (χ1v) is 13.8. The monoisotopic (exact) mass is 521 g/mol. The van der Waals surface area contributed by atoms with Crippen molar-refractivity contribution in [1.82, 2.24) is 4.90 Å². The van der Waals surface area contributed by atoms with Crippen LogP contribution in [0.1, 0.15) is 90.0 Å². The van der Waals surface area contributed by atoms with Gasteiger partial charge in [-0.1, -0.05) is 64.8 Å². The average molecular weight is 522 g/mol. The van der Waals surface area contributed by atoms with Gasteiger partial charge in [-0.3, -0.25) is 9.59 Å². The topological polar surface area (TPSA) is 76.1 Å². The highest BCUT2D eigenvalue weighted by atomic mass is 16.5. The van der Waals surface area contributed by atoms with Crippen LogP contribution >= 0.6 is 0 Å². The van der Waals surface area contributed by atoms with Crippen molar-refractivity contribution in [2.45, 2.75) is 84.8 Å². The lowest BCUT2D eigenvalue weighted by Crippen LogP contribution is -2.31. The van der Waals surface area contributed by atoms with Crippen LogP contribution in [0.25, 0.3) is 5.76 Å². The number of hydrogen-bond acceptors (Lipinski definition) is 5. The number of benzene rings is 2. The van der Waals surface area contributed by atoms with Crippen LogP contribution < -0.4 is 4.74 Å². The fraction of sp³-hybridized carbons (Fsp3) is 0.500. The van der Waals surface area contributed by atoms with Crippen LogP contribution in [0.4, 0.5) is 0 Å². The molecule has 1 fully saturated rings. The number of rotatable bonds is 12.